The molecule has 0 fully saturated rings. The van der Waals surface area contributed by atoms with E-state index in [9.17, 15) is 0 Å². The SMILES string of the molecule is CC1(C)c2cccc3c2-n2c4c1cccc4c1cc(-c4ccc5[nH]c6ccc7c(c6c5c4)C(C)(C)C(C)(C)C7(C)C)cc(c12)C3(C)C. The molecule has 0 saturated carbocycles. The van der Waals surface area contributed by atoms with Crippen molar-refractivity contribution in [3.63, 3.8) is 0 Å². The minimum atomic E-state index is -0.134. The lowest BCUT2D eigenvalue weighted by molar-refractivity contribution is 0.125. The smallest absolute Gasteiger partial charge is 0.0582 e. The van der Waals surface area contributed by atoms with E-state index in [0.29, 0.717) is 0 Å². The molecule has 0 unspecified atom stereocenters. The number of nitrogens with zero attached hydrogens (tertiary/aromatic N) is 1. The van der Waals surface area contributed by atoms with Gasteiger partial charge in [0, 0.05) is 43.4 Å². The van der Waals surface area contributed by atoms with Crippen LogP contribution in [0.5, 0.6) is 0 Å². The lowest BCUT2D eigenvalue weighted by Crippen LogP contribution is -2.42. The average molecular weight is 613 g/mol. The van der Waals surface area contributed by atoms with E-state index in [1.165, 1.54) is 93.8 Å². The zero-order valence-corrected chi connectivity index (χ0v) is 29.5. The van der Waals surface area contributed by atoms with E-state index in [-0.39, 0.29) is 27.1 Å². The van der Waals surface area contributed by atoms with E-state index >= 15 is 0 Å². The van der Waals surface area contributed by atoms with Gasteiger partial charge in [-0.1, -0.05) is 118 Å². The van der Waals surface area contributed by atoms with Gasteiger partial charge in [0.05, 0.1) is 16.7 Å². The van der Waals surface area contributed by atoms with Crippen LogP contribution in [-0.2, 0) is 21.7 Å². The van der Waals surface area contributed by atoms with Gasteiger partial charge in [0.1, 0.15) is 0 Å². The Morgan fingerprint density at radius 1 is 0.489 bits per heavy atom. The van der Waals surface area contributed by atoms with Crippen LogP contribution < -0.4 is 0 Å². The number of nitrogens with one attached hydrogen (secondary N) is 1. The summed E-state index contributed by atoms with van der Waals surface area (Å²) < 4.78 is 2.62. The van der Waals surface area contributed by atoms with Crippen LogP contribution in [0.3, 0.4) is 0 Å². The summed E-state index contributed by atoms with van der Waals surface area (Å²) in [6.45, 7) is 24.4. The Kier molecular flexibility index (Phi) is 4.65. The number of aromatic amines is 1. The minimum absolute atomic E-state index is 0.0232. The van der Waals surface area contributed by atoms with Gasteiger partial charge in [-0.05, 0) is 91.1 Å². The fourth-order valence-electron chi connectivity index (χ4n) is 10.4. The summed E-state index contributed by atoms with van der Waals surface area (Å²) in [6, 6.07) is 30.8. The Balaban J connectivity index is 1.30. The largest absolute Gasteiger partial charge is 0.355 e. The molecule has 0 bridgehead atoms. The molecule has 10 rings (SSSR count). The minimum Gasteiger partial charge on any atom is -0.355 e. The van der Waals surface area contributed by atoms with Crippen LogP contribution in [-0.4, -0.2) is 9.55 Å². The zero-order chi connectivity index (χ0) is 32.8. The molecule has 0 atom stereocenters. The summed E-state index contributed by atoms with van der Waals surface area (Å²) in [4.78, 5) is 3.81. The van der Waals surface area contributed by atoms with Gasteiger partial charge in [-0.15, -0.1) is 0 Å². The second-order valence-corrected chi connectivity index (χ2v) is 17.6. The Labute approximate surface area is 277 Å². The van der Waals surface area contributed by atoms with Crippen molar-refractivity contribution in [3.8, 4) is 16.8 Å². The first-order chi connectivity index (χ1) is 22.1. The Bertz CT molecular complexity index is 2590. The number of benzene rings is 5. The molecule has 3 aliphatic rings. The highest BCUT2D eigenvalue weighted by Crippen LogP contribution is 2.63. The highest BCUT2D eigenvalue weighted by atomic mass is 15.0. The van der Waals surface area contributed by atoms with Crippen molar-refractivity contribution in [2.24, 2.45) is 5.41 Å². The number of H-pyrrole nitrogens is 1. The fourth-order valence-corrected chi connectivity index (χ4v) is 10.4. The van der Waals surface area contributed by atoms with Gasteiger partial charge < -0.3 is 9.55 Å². The zero-order valence-electron chi connectivity index (χ0n) is 29.5. The predicted molar refractivity (Wildman–Crippen MR) is 200 cm³/mol. The Morgan fingerprint density at radius 2 is 1.11 bits per heavy atom. The monoisotopic (exact) mass is 612 g/mol. The van der Waals surface area contributed by atoms with Crippen molar-refractivity contribution in [3.05, 3.63) is 112 Å². The second-order valence-electron chi connectivity index (χ2n) is 17.6. The summed E-state index contributed by atoms with van der Waals surface area (Å²) >= 11 is 0. The molecule has 0 radical (unpaired) electrons. The third-order valence-corrected chi connectivity index (χ3v) is 14.4. The lowest BCUT2D eigenvalue weighted by atomic mass is 9.59. The summed E-state index contributed by atoms with van der Waals surface area (Å²) in [5.41, 5.74) is 17.9. The molecule has 0 saturated heterocycles. The molecular weight excluding hydrogens is 569 g/mol. The van der Waals surface area contributed by atoms with E-state index in [2.05, 4.69) is 158 Å². The van der Waals surface area contributed by atoms with Gasteiger partial charge >= 0.3 is 0 Å². The van der Waals surface area contributed by atoms with Gasteiger partial charge in [0.2, 0.25) is 0 Å². The standard InChI is InChI=1S/C45H44N2/c1-41(2)30-14-11-13-26-27-22-25(23-33-39(27)47(38(26)30)40-31(41)15-12-16-32(40)42(33,3)4)24-17-19-34-28(21-24)36-35(46-34)20-18-29-37(36)44(7,8)45(9,10)43(29,5)6/h11-23,46H,1-10H3. The molecule has 2 aliphatic heterocycles. The van der Waals surface area contributed by atoms with Gasteiger partial charge in [0.15, 0.2) is 0 Å². The molecule has 5 aromatic carbocycles. The number of fused-ring (bicyclic) bond motifs is 6. The van der Waals surface area contributed by atoms with Gasteiger partial charge in [-0.3, -0.25) is 0 Å². The van der Waals surface area contributed by atoms with Gasteiger partial charge in [0.25, 0.3) is 0 Å². The molecular formula is C45H44N2. The molecule has 2 aromatic heterocycles. The molecule has 47 heavy (non-hydrogen) atoms. The summed E-state index contributed by atoms with van der Waals surface area (Å²) in [5, 5.41) is 5.47. The van der Waals surface area contributed by atoms with E-state index in [0.717, 1.165) is 0 Å². The van der Waals surface area contributed by atoms with E-state index in [1.807, 2.05) is 0 Å². The number of aromatic nitrogens is 2. The third kappa shape index (κ3) is 2.86. The Hall–Kier alpha value is -4.30. The van der Waals surface area contributed by atoms with Gasteiger partial charge in [-0.25, -0.2) is 0 Å². The van der Waals surface area contributed by atoms with Crippen molar-refractivity contribution in [1.29, 1.82) is 0 Å². The second kappa shape index (κ2) is 7.87. The van der Waals surface area contributed by atoms with Crippen LogP contribution in [0.15, 0.2) is 78.9 Å². The lowest BCUT2D eigenvalue weighted by Gasteiger charge is -2.44. The van der Waals surface area contributed by atoms with Crippen LogP contribution in [0, 0.1) is 5.41 Å². The van der Waals surface area contributed by atoms with Crippen LogP contribution in [0.1, 0.15) is 103 Å². The molecule has 234 valence electrons. The first-order valence-electron chi connectivity index (χ1n) is 17.5. The Morgan fingerprint density at radius 3 is 1.85 bits per heavy atom. The van der Waals surface area contributed by atoms with Crippen molar-refractivity contribution in [2.45, 2.75) is 90.9 Å². The van der Waals surface area contributed by atoms with Crippen LogP contribution in [0.4, 0.5) is 0 Å². The maximum absolute atomic E-state index is 3.81. The van der Waals surface area contributed by atoms with E-state index in [1.54, 1.807) is 0 Å². The summed E-state index contributed by atoms with van der Waals surface area (Å²) in [5.74, 6) is 0. The first kappa shape index (κ1) is 27.8. The van der Waals surface area contributed by atoms with Crippen LogP contribution >= 0.6 is 0 Å². The number of hydrogen-bond donors (Lipinski definition) is 1. The molecule has 4 heterocycles. The highest BCUT2D eigenvalue weighted by Gasteiger charge is 2.57. The fraction of sp³-hybridized carbons (Fsp3) is 0.333. The number of hydrogen-bond acceptors (Lipinski definition) is 0. The van der Waals surface area contributed by atoms with Crippen LogP contribution in [0.25, 0.3) is 60.4 Å². The first-order valence-corrected chi connectivity index (χ1v) is 17.5. The topological polar surface area (TPSA) is 20.7 Å². The van der Waals surface area contributed by atoms with Crippen LogP contribution in [0.2, 0.25) is 0 Å². The molecule has 2 heteroatoms. The summed E-state index contributed by atoms with van der Waals surface area (Å²) in [6.07, 6.45) is 0. The quantitative estimate of drug-likeness (QED) is 0.190. The van der Waals surface area contributed by atoms with Crippen molar-refractivity contribution < 1.29 is 0 Å². The average Bonchev–Trinajstić information content (AvgIpc) is 3.60. The maximum atomic E-state index is 3.81. The maximum Gasteiger partial charge on any atom is 0.0582 e. The summed E-state index contributed by atoms with van der Waals surface area (Å²) in [7, 11) is 0. The van der Waals surface area contributed by atoms with Crippen molar-refractivity contribution >= 4 is 43.6 Å². The van der Waals surface area contributed by atoms with Crippen molar-refractivity contribution in [1.82, 2.24) is 9.55 Å². The highest BCUT2D eigenvalue weighted by molar-refractivity contribution is 6.16. The number of para-hydroxylation sites is 2. The predicted octanol–water partition coefficient (Wildman–Crippen LogP) is 12.0. The van der Waals surface area contributed by atoms with E-state index < -0.39 is 0 Å². The van der Waals surface area contributed by atoms with Gasteiger partial charge in [-0.2, -0.15) is 0 Å². The normalized spacial score (nSPS) is 20.1. The molecule has 2 nitrogen and oxygen atoms in total. The molecule has 1 aliphatic carbocycles. The third-order valence-electron chi connectivity index (χ3n) is 14.4. The molecule has 7 aromatic rings. The molecule has 0 amide bonds. The molecule has 0 spiro atoms. The number of rotatable bonds is 1. The molecule has 1 N–H and O–H groups in total. The van der Waals surface area contributed by atoms with Crippen molar-refractivity contribution in [2.75, 3.05) is 0 Å². The van der Waals surface area contributed by atoms with E-state index in [4.69, 9.17) is 0 Å².